The van der Waals surface area contributed by atoms with E-state index < -0.39 is 0 Å². The summed E-state index contributed by atoms with van der Waals surface area (Å²) < 4.78 is 5.46. The smallest absolute Gasteiger partial charge is 0.122 e. The number of hydrogen-bond donors (Lipinski definition) is 2. The molecule has 0 bridgehead atoms. The third kappa shape index (κ3) is 2.67. The molecule has 0 spiro atoms. The highest BCUT2D eigenvalue weighted by Crippen LogP contribution is 2.28. The van der Waals surface area contributed by atoms with Crippen LogP contribution in [0.4, 0.5) is 5.69 Å². The first-order chi connectivity index (χ1) is 7.79. The van der Waals surface area contributed by atoms with Crippen molar-refractivity contribution < 1.29 is 9.84 Å². The fourth-order valence-electron chi connectivity index (χ4n) is 2.03. The standard InChI is InChI=1S/C13H19NO2/c1-10(3-2-7-15)14-12-4-5-13-11(9-12)6-8-16-13/h4-5,9-10,14-15H,2-3,6-8H2,1H3. The quantitative estimate of drug-likeness (QED) is 0.801. The number of anilines is 1. The first-order valence-corrected chi connectivity index (χ1v) is 5.92. The lowest BCUT2D eigenvalue weighted by molar-refractivity contribution is 0.282. The molecule has 0 aliphatic carbocycles. The Bertz CT molecular complexity index is 352. The van der Waals surface area contributed by atoms with Crippen LogP contribution in [0.15, 0.2) is 18.2 Å². The molecule has 0 fully saturated rings. The molecule has 0 saturated heterocycles. The second-order valence-corrected chi connectivity index (χ2v) is 4.33. The van der Waals surface area contributed by atoms with E-state index in [9.17, 15) is 0 Å². The first kappa shape index (κ1) is 11.3. The van der Waals surface area contributed by atoms with Crippen molar-refractivity contribution in [1.82, 2.24) is 0 Å². The molecule has 1 unspecified atom stereocenters. The lowest BCUT2D eigenvalue weighted by atomic mass is 10.1. The Kier molecular flexibility index (Phi) is 3.67. The van der Waals surface area contributed by atoms with Crippen molar-refractivity contribution in [2.24, 2.45) is 0 Å². The predicted octanol–water partition coefficient (Wildman–Crippen LogP) is 2.19. The highest BCUT2D eigenvalue weighted by atomic mass is 16.5. The van der Waals surface area contributed by atoms with Crippen LogP contribution in [0.2, 0.25) is 0 Å². The first-order valence-electron chi connectivity index (χ1n) is 5.92. The van der Waals surface area contributed by atoms with Gasteiger partial charge in [0.1, 0.15) is 5.75 Å². The molecule has 1 aromatic rings. The van der Waals surface area contributed by atoms with Gasteiger partial charge in [0.15, 0.2) is 0 Å². The minimum atomic E-state index is 0.268. The van der Waals surface area contributed by atoms with Crippen molar-refractivity contribution in [3.63, 3.8) is 0 Å². The van der Waals surface area contributed by atoms with Gasteiger partial charge < -0.3 is 15.2 Å². The van der Waals surface area contributed by atoms with Gasteiger partial charge in [-0.2, -0.15) is 0 Å². The van der Waals surface area contributed by atoms with Crippen LogP contribution in [0.25, 0.3) is 0 Å². The van der Waals surface area contributed by atoms with Gasteiger partial charge in [-0.3, -0.25) is 0 Å². The number of benzene rings is 1. The van der Waals surface area contributed by atoms with Crippen LogP contribution in [0, 0.1) is 0 Å². The van der Waals surface area contributed by atoms with Crippen LogP contribution in [-0.2, 0) is 6.42 Å². The summed E-state index contributed by atoms with van der Waals surface area (Å²) in [5.74, 6) is 1.02. The van der Waals surface area contributed by atoms with Gasteiger partial charge in [-0.25, -0.2) is 0 Å². The van der Waals surface area contributed by atoms with Crippen LogP contribution >= 0.6 is 0 Å². The van der Waals surface area contributed by atoms with E-state index in [0.717, 1.165) is 37.3 Å². The molecule has 1 atom stereocenters. The van der Waals surface area contributed by atoms with Gasteiger partial charge in [0.05, 0.1) is 6.61 Å². The molecule has 88 valence electrons. The van der Waals surface area contributed by atoms with Crippen LogP contribution in [-0.4, -0.2) is 24.4 Å². The molecule has 3 heteroatoms. The van der Waals surface area contributed by atoms with Crippen LogP contribution in [0.5, 0.6) is 5.75 Å². The van der Waals surface area contributed by atoms with E-state index in [1.807, 2.05) is 6.07 Å². The van der Waals surface area contributed by atoms with Crippen molar-refractivity contribution in [1.29, 1.82) is 0 Å². The summed E-state index contributed by atoms with van der Waals surface area (Å²) >= 11 is 0. The number of aliphatic hydroxyl groups is 1. The highest BCUT2D eigenvalue weighted by Gasteiger charge is 2.12. The molecule has 0 aromatic heterocycles. The lowest BCUT2D eigenvalue weighted by Crippen LogP contribution is -2.15. The molecule has 2 N–H and O–H groups in total. The molecule has 3 nitrogen and oxygen atoms in total. The molecule has 2 rings (SSSR count). The number of fused-ring (bicyclic) bond motifs is 1. The molecular weight excluding hydrogens is 202 g/mol. The Morgan fingerprint density at radius 2 is 2.38 bits per heavy atom. The maximum absolute atomic E-state index is 8.76. The van der Waals surface area contributed by atoms with Gasteiger partial charge in [-0.1, -0.05) is 0 Å². The van der Waals surface area contributed by atoms with Gasteiger partial charge in [-0.05, 0) is 43.5 Å². The average Bonchev–Trinajstić information content (AvgIpc) is 2.73. The maximum Gasteiger partial charge on any atom is 0.122 e. The van der Waals surface area contributed by atoms with E-state index in [2.05, 4.69) is 24.4 Å². The SMILES string of the molecule is CC(CCCO)Nc1ccc2c(c1)CCO2. The van der Waals surface area contributed by atoms with E-state index in [4.69, 9.17) is 9.84 Å². The lowest BCUT2D eigenvalue weighted by Gasteiger charge is -2.15. The van der Waals surface area contributed by atoms with E-state index in [-0.39, 0.29) is 6.61 Å². The largest absolute Gasteiger partial charge is 0.493 e. The topological polar surface area (TPSA) is 41.5 Å². The van der Waals surface area contributed by atoms with Crippen molar-refractivity contribution >= 4 is 5.69 Å². The minimum Gasteiger partial charge on any atom is -0.493 e. The highest BCUT2D eigenvalue weighted by molar-refractivity contribution is 5.52. The summed E-state index contributed by atoms with van der Waals surface area (Å²) in [6.45, 7) is 3.21. The molecule has 1 aliphatic rings. The summed E-state index contributed by atoms with van der Waals surface area (Å²) in [6, 6.07) is 6.65. The second-order valence-electron chi connectivity index (χ2n) is 4.33. The van der Waals surface area contributed by atoms with Gasteiger partial charge in [0.2, 0.25) is 0 Å². The van der Waals surface area contributed by atoms with Crippen molar-refractivity contribution in [2.45, 2.75) is 32.2 Å². The zero-order valence-corrected chi connectivity index (χ0v) is 9.70. The van der Waals surface area contributed by atoms with E-state index in [1.165, 1.54) is 5.56 Å². The summed E-state index contributed by atoms with van der Waals surface area (Å²) in [5.41, 5.74) is 2.44. The number of nitrogens with one attached hydrogen (secondary N) is 1. The molecular formula is C13H19NO2. The normalized spacial score (nSPS) is 15.4. The van der Waals surface area contributed by atoms with Gasteiger partial charge in [0, 0.05) is 24.8 Å². The summed E-state index contributed by atoms with van der Waals surface area (Å²) in [7, 11) is 0. The van der Waals surface area contributed by atoms with E-state index in [1.54, 1.807) is 0 Å². The van der Waals surface area contributed by atoms with Crippen molar-refractivity contribution in [3.8, 4) is 5.75 Å². The Morgan fingerprint density at radius 1 is 1.50 bits per heavy atom. The van der Waals surface area contributed by atoms with Gasteiger partial charge >= 0.3 is 0 Å². The van der Waals surface area contributed by atoms with Gasteiger partial charge in [0.25, 0.3) is 0 Å². The molecule has 0 amide bonds. The molecule has 0 radical (unpaired) electrons. The number of ether oxygens (including phenoxy) is 1. The second kappa shape index (κ2) is 5.21. The summed E-state index contributed by atoms with van der Waals surface area (Å²) in [5, 5.41) is 12.2. The molecule has 0 saturated carbocycles. The fourth-order valence-corrected chi connectivity index (χ4v) is 2.03. The minimum absolute atomic E-state index is 0.268. The fraction of sp³-hybridized carbons (Fsp3) is 0.538. The monoisotopic (exact) mass is 221 g/mol. The zero-order chi connectivity index (χ0) is 11.4. The summed E-state index contributed by atoms with van der Waals surface area (Å²) in [4.78, 5) is 0. The van der Waals surface area contributed by atoms with E-state index in [0.29, 0.717) is 6.04 Å². The Labute approximate surface area is 96.4 Å². The number of rotatable bonds is 5. The number of aliphatic hydroxyl groups excluding tert-OH is 1. The average molecular weight is 221 g/mol. The Balaban J connectivity index is 1.94. The molecule has 1 aliphatic heterocycles. The molecule has 16 heavy (non-hydrogen) atoms. The summed E-state index contributed by atoms with van der Waals surface area (Å²) in [6.07, 6.45) is 2.85. The number of hydrogen-bond acceptors (Lipinski definition) is 3. The Hall–Kier alpha value is -1.22. The zero-order valence-electron chi connectivity index (χ0n) is 9.70. The maximum atomic E-state index is 8.76. The third-order valence-electron chi connectivity index (χ3n) is 2.90. The van der Waals surface area contributed by atoms with Gasteiger partial charge in [-0.15, -0.1) is 0 Å². The van der Waals surface area contributed by atoms with Crippen LogP contribution < -0.4 is 10.1 Å². The predicted molar refractivity (Wildman–Crippen MR) is 65.0 cm³/mol. The Morgan fingerprint density at radius 3 is 3.19 bits per heavy atom. The van der Waals surface area contributed by atoms with Crippen molar-refractivity contribution in [2.75, 3.05) is 18.5 Å². The van der Waals surface area contributed by atoms with Crippen LogP contribution in [0.1, 0.15) is 25.3 Å². The molecule has 1 heterocycles. The van der Waals surface area contributed by atoms with Crippen LogP contribution in [0.3, 0.4) is 0 Å². The molecule has 1 aromatic carbocycles. The van der Waals surface area contributed by atoms with Crippen molar-refractivity contribution in [3.05, 3.63) is 23.8 Å². The van der Waals surface area contributed by atoms with E-state index >= 15 is 0 Å². The third-order valence-corrected chi connectivity index (χ3v) is 2.90.